The van der Waals surface area contributed by atoms with Crippen LogP contribution in [0.25, 0.3) is 0 Å². The van der Waals surface area contributed by atoms with E-state index in [-0.39, 0.29) is 22.7 Å². The van der Waals surface area contributed by atoms with Crippen LogP contribution >= 0.6 is 0 Å². The molecule has 1 N–H and O–H groups in total. The molecular weight excluding hydrogens is 314 g/mol. The maximum Gasteiger partial charge on any atom is 0.307 e. The van der Waals surface area contributed by atoms with Gasteiger partial charge in [-0.3, -0.25) is 9.59 Å². The number of hydrogen-bond donors (Lipinski definition) is 1. The Kier molecular flexibility index (Phi) is 3.82. The van der Waals surface area contributed by atoms with Gasteiger partial charge in [-0.25, -0.2) is 0 Å². The first-order valence-electron chi connectivity index (χ1n) is 10.1. The second-order valence-electron chi connectivity index (χ2n) is 9.31. The molecule has 138 valence electrons. The van der Waals surface area contributed by atoms with E-state index in [1.165, 1.54) is 0 Å². The minimum Gasteiger partial charge on any atom is -0.481 e. The molecule has 0 spiro atoms. The van der Waals surface area contributed by atoms with Crippen molar-refractivity contribution in [3.63, 3.8) is 0 Å². The van der Waals surface area contributed by atoms with Crippen molar-refractivity contribution >= 4 is 11.9 Å². The van der Waals surface area contributed by atoms with E-state index in [9.17, 15) is 14.7 Å². The van der Waals surface area contributed by atoms with Crippen molar-refractivity contribution in [3.05, 3.63) is 12.2 Å². The topological polar surface area (TPSA) is 57.6 Å². The van der Waals surface area contributed by atoms with Crippen molar-refractivity contribution in [2.75, 3.05) is 6.54 Å². The van der Waals surface area contributed by atoms with Crippen LogP contribution in [0.4, 0.5) is 0 Å². The van der Waals surface area contributed by atoms with Crippen LogP contribution in [0.1, 0.15) is 59.3 Å². The van der Waals surface area contributed by atoms with E-state index < -0.39 is 5.97 Å². The van der Waals surface area contributed by atoms with Crippen molar-refractivity contribution in [3.8, 4) is 0 Å². The van der Waals surface area contributed by atoms with E-state index in [0.717, 1.165) is 45.1 Å². The van der Waals surface area contributed by atoms with Gasteiger partial charge in [0.05, 0.1) is 5.92 Å². The minimum atomic E-state index is -0.594. The molecule has 4 rings (SSSR count). The summed E-state index contributed by atoms with van der Waals surface area (Å²) < 4.78 is 0. The average molecular weight is 345 g/mol. The maximum atomic E-state index is 12.3. The fraction of sp³-hybridized carbons (Fsp3) is 0.810. The van der Waals surface area contributed by atoms with Gasteiger partial charge in [0.1, 0.15) is 0 Å². The van der Waals surface area contributed by atoms with Crippen LogP contribution in [-0.2, 0) is 9.59 Å². The highest BCUT2D eigenvalue weighted by molar-refractivity contribution is 5.89. The Morgan fingerprint density at radius 3 is 2.64 bits per heavy atom. The lowest BCUT2D eigenvalue weighted by molar-refractivity contribution is -0.152. The van der Waals surface area contributed by atoms with Crippen molar-refractivity contribution in [2.45, 2.75) is 65.3 Å². The highest BCUT2D eigenvalue weighted by Gasteiger charge is 2.61. The van der Waals surface area contributed by atoms with Crippen LogP contribution in [0.3, 0.4) is 0 Å². The summed E-state index contributed by atoms with van der Waals surface area (Å²) >= 11 is 0. The summed E-state index contributed by atoms with van der Waals surface area (Å²) in [5.74, 6) is 1.13. The van der Waals surface area contributed by atoms with Gasteiger partial charge < -0.3 is 10.0 Å². The number of nitrogens with zero attached hydrogens (tertiary/aromatic N) is 1. The Hall–Kier alpha value is -1.32. The third kappa shape index (κ3) is 2.18. The van der Waals surface area contributed by atoms with Crippen LogP contribution in [-0.4, -0.2) is 34.5 Å². The van der Waals surface area contributed by atoms with Crippen molar-refractivity contribution in [1.82, 2.24) is 4.90 Å². The molecule has 4 nitrogen and oxygen atoms in total. The van der Waals surface area contributed by atoms with Gasteiger partial charge in [0.25, 0.3) is 0 Å². The fourth-order valence-electron chi connectivity index (χ4n) is 7.38. The highest BCUT2D eigenvalue weighted by atomic mass is 16.4. The van der Waals surface area contributed by atoms with Crippen LogP contribution < -0.4 is 0 Å². The molecule has 3 saturated carbocycles. The predicted molar refractivity (Wildman–Crippen MR) is 95.8 cm³/mol. The van der Waals surface area contributed by atoms with Gasteiger partial charge >= 0.3 is 5.97 Å². The predicted octanol–water partition coefficient (Wildman–Crippen LogP) is 3.72. The molecule has 2 unspecified atom stereocenters. The summed E-state index contributed by atoms with van der Waals surface area (Å²) in [6.07, 6.45) is 10.2. The van der Waals surface area contributed by atoms with Gasteiger partial charge in [0.2, 0.25) is 5.91 Å². The Balaban J connectivity index is 1.67. The Morgan fingerprint density at radius 2 is 1.96 bits per heavy atom. The Labute approximate surface area is 150 Å². The van der Waals surface area contributed by atoms with E-state index >= 15 is 0 Å². The summed E-state index contributed by atoms with van der Waals surface area (Å²) in [6, 6.07) is 0.317. The molecular formula is C21H31NO3. The Bertz CT molecular complexity index is 629. The van der Waals surface area contributed by atoms with Crippen LogP contribution in [0.5, 0.6) is 0 Å². The molecule has 3 fully saturated rings. The molecule has 0 saturated heterocycles. The average Bonchev–Trinajstić information content (AvgIpc) is 2.93. The summed E-state index contributed by atoms with van der Waals surface area (Å²) in [5, 5.41) is 9.69. The number of aliphatic carboxylic acids is 1. The molecule has 0 bridgehead atoms. The van der Waals surface area contributed by atoms with E-state index in [2.05, 4.69) is 31.7 Å². The molecule has 0 aromatic heterocycles. The number of carbonyl (C=O) groups is 2. The van der Waals surface area contributed by atoms with E-state index in [4.69, 9.17) is 0 Å². The number of rotatable bonds is 2. The quantitative estimate of drug-likeness (QED) is 0.830. The second kappa shape index (κ2) is 5.59. The second-order valence-corrected chi connectivity index (χ2v) is 9.31. The van der Waals surface area contributed by atoms with Crippen LogP contribution in [0, 0.1) is 34.5 Å². The number of likely N-dealkylation sites (N-methyl/N-ethyl adjacent to an activating group) is 1. The van der Waals surface area contributed by atoms with E-state index in [0.29, 0.717) is 23.8 Å². The number of carboxylic acid groups (broad SMARTS) is 1. The minimum absolute atomic E-state index is 0.0329. The summed E-state index contributed by atoms with van der Waals surface area (Å²) in [5.41, 5.74) is 0.0182. The first kappa shape index (κ1) is 17.1. The van der Waals surface area contributed by atoms with Gasteiger partial charge in [-0.1, -0.05) is 19.9 Å². The molecule has 25 heavy (non-hydrogen) atoms. The lowest BCUT2D eigenvalue weighted by atomic mass is 9.47. The third-order valence-electron chi connectivity index (χ3n) is 8.61. The fourth-order valence-corrected chi connectivity index (χ4v) is 7.38. The first-order valence-corrected chi connectivity index (χ1v) is 10.1. The molecule has 7 atom stereocenters. The van der Waals surface area contributed by atoms with Gasteiger partial charge in [-0.15, -0.1) is 0 Å². The number of fused-ring (bicyclic) bond motifs is 5. The zero-order chi connectivity index (χ0) is 18.0. The Morgan fingerprint density at radius 1 is 1.20 bits per heavy atom. The molecule has 1 aliphatic heterocycles. The van der Waals surface area contributed by atoms with Crippen molar-refractivity contribution < 1.29 is 14.7 Å². The normalized spacial score (nSPS) is 48.7. The van der Waals surface area contributed by atoms with Gasteiger partial charge in [-0.05, 0) is 74.7 Å². The first-order chi connectivity index (χ1) is 11.8. The summed E-state index contributed by atoms with van der Waals surface area (Å²) in [4.78, 5) is 26.2. The molecule has 4 heteroatoms. The molecule has 0 radical (unpaired) electrons. The van der Waals surface area contributed by atoms with E-state index in [1.54, 1.807) is 6.08 Å². The summed E-state index contributed by atoms with van der Waals surface area (Å²) in [6.45, 7) is 7.46. The highest BCUT2D eigenvalue weighted by Crippen LogP contribution is 2.65. The molecule has 1 heterocycles. The molecule has 4 aliphatic rings. The number of carboxylic acids is 1. The molecule has 1 amide bonds. The smallest absolute Gasteiger partial charge is 0.307 e. The lowest BCUT2D eigenvalue weighted by Gasteiger charge is -2.60. The maximum absolute atomic E-state index is 12.3. The van der Waals surface area contributed by atoms with E-state index in [1.807, 2.05) is 0 Å². The lowest BCUT2D eigenvalue weighted by Crippen LogP contribution is -2.60. The monoisotopic (exact) mass is 345 g/mol. The molecule has 0 aromatic rings. The zero-order valence-corrected chi connectivity index (χ0v) is 15.7. The third-order valence-corrected chi connectivity index (χ3v) is 8.61. The van der Waals surface area contributed by atoms with Crippen molar-refractivity contribution in [2.24, 2.45) is 34.5 Å². The van der Waals surface area contributed by atoms with Crippen LogP contribution in [0.2, 0.25) is 0 Å². The van der Waals surface area contributed by atoms with Crippen molar-refractivity contribution in [1.29, 1.82) is 0 Å². The number of hydrogen-bond acceptors (Lipinski definition) is 2. The number of amides is 1. The SMILES string of the molecule is CCN1C(=O)C=C[C@@]2(C)C1CC[C@@H]1[C@H]2CC[C@]2(C)C(C(=O)O)CC[C@@H]12. The number of carbonyl (C=O) groups excluding carboxylic acids is 1. The van der Waals surface area contributed by atoms with Crippen LogP contribution in [0.15, 0.2) is 12.2 Å². The molecule has 3 aliphatic carbocycles. The largest absolute Gasteiger partial charge is 0.481 e. The summed E-state index contributed by atoms with van der Waals surface area (Å²) in [7, 11) is 0. The van der Waals surface area contributed by atoms with Gasteiger partial charge in [0, 0.05) is 18.0 Å². The molecule has 0 aromatic carbocycles. The standard InChI is InChI=1S/C21H31NO3/c1-4-22-17-8-5-13-14-6-7-16(19(24)25)20(14,2)11-9-15(13)21(17,3)12-10-18(22)23/h10,12-17H,4-9,11H2,1-3H3,(H,24,25)/t13-,14-,15+,16?,17?,20-,21+/m0/s1. The van der Waals surface area contributed by atoms with Gasteiger partial charge in [-0.2, -0.15) is 0 Å². The van der Waals surface area contributed by atoms with Gasteiger partial charge in [0.15, 0.2) is 0 Å². The zero-order valence-electron chi connectivity index (χ0n) is 15.7.